The molecular weight excluding hydrogens is 182 g/mol. The van der Waals surface area contributed by atoms with Crippen molar-refractivity contribution in [3.63, 3.8) is 0 Å². The van der Waals surface area contributed by atoms with Crippen LogP contribution >= 0.6 is 0 Å². The van der Waals surface area contributed by atoms with Gasteiger partial charge < -0.3 is 14.7 Å². The first-order valence-corrected chi connectivity index (χ1v) is 5.05. The number of aliphatic hydroxyl groups excluding tert-OH is 1. The van der Waals surface area contributed by atoms with Gasteiger partial charge in [0.25, 0.3) is 0 Å². The van der Waals surface area contributed by atoms with Crippen LogP contribution in [0.4, 0.5) is 0 Å². The third-order valence-corrected chi connectivity index (χ3v) is 2.91. The molecule has 0 saturated carbocycles. The largest absolute Gasteiger partial charge is 0.387 e. The number of hydrogen-bond acceptors (Lipinski definition) is 3. The number of aliphatic hydroxyl groups is 1. The highest BCUT2D eigenvalue weighted by Gasteiger charge is 2.33. The van der Waals surface area contributed by atoms with Crippen LogP contribution in [-0.4, -0.2) is 47.8 Å². The van der Waals surface area contributed by atoms with Crippen molar-refractivity contribution in [2.24, 2.45) is 0 Å². The zero-order chi connectivity index (χ0) is 10.7. The fourth-order valence-electron chi connectivity index (χ4n) is 2.28. The van der Waals surface area contributed by atoms with Crippen LogP contribution in [-0.2, 0) is 9.53 Å². The van der Waals surface area contributed by atoms with Crippen molar-refractivity contribution in [2.45, 2.75) is 44.9 Å². The van der Waals surface area contributed by atoms with E-state index >= 15 is 0 Å². The third-order valence-electron chi connectivity index (χ3n) is 2.91. The predicted molar refractivity (Wildman–Crippen MR) is 52.9 cm³/mol. The normalized spacial score (nSPS) is 33.1. The molecule has 0 aliphatic carbocycles. The molecule has 0 aromatic carbocycles. The molecule has 14 heavy (non-hydrogen) atoms. The fourth-order valence-corrected chi connectivity index (χ4v) is 2.28. The van der Waals surface area contributed by atoms with E-state index in [0.29, 0.717) is 0 Å². The molecule has 0 bridgehead atoms. The lowest BCUT2D eigenvalue weighted by Crippen LogP contribution is -2.52. The Morgan fingerprint density at radius 2 is 1.93 bits per heavy atom. The lowest BCUT2D eigenvalue weighted by molar-refractivity contribution is -0.143. The first-order chi connectivity index (χ1) is 6.60. The van der Waals surface area contributed by atoms with Gasteiger partial charge in [-0.05, 0) is 26.7 Å². The molecule has 82 valence electrons. The Morgan fingerprint density at radius 3 is 2.29 bits per heavy atom. The van der Waals surface area contributed by atoms with Gasteiger partial charge in [-0.15, -0.1) is 0 Å². The minimum absolute atomic E-state index is 0.156. The van der Waals surface area contributed by atoms with Gasteiger partial charge in [0, 0.05) is 19.2 Å². The van der Waals surface area contributed by atoms with E-state index in [-0.39, 0.29) is 24.1 Å². The Labute approximate surface area is 84.8 Å². The number of rotatable bonds is 2. The molecule has 1 fully saturated rings. The van der Waals surface area contributed by atoms with Gasteiger partial charge in [-0.25, -0.2) is 0 Å². The topological polar surface area (TPSA) is 49.8 Å². The van der Waals surface area contributed by atoms with Crippen LogP contribution in [0.3, 0.4) is 0 Å². The van der Waals surface area contributed by atoms with Crippen molar-refractivity contribution in [3.8, 4) is 0 Å². The number of ether oxygens (including phenoxy) is 1. The number of carbonyl (C=O) groups excluding carboxylic acids is 1. The highest BCUT2D eigenvalue weighted by atomic mass is 16.5. The molecule has 1 rings (SSSR count). The molecule has 0 aromatic heterocycles. The standard InChI is InChI=1S/C10H19NO3/c1-7-4-9(14-3)5-8(2)11(7)10(13)6-12/h7-9,12H,4-6H2,1-3H3. The van der Waals surface area contributed by atoms with Gasteiger partial charge in [0.05, 0.1) is 6.10 Å². The Bertz CT molecular complexity index is 196. The summed E-state index contributed by atoms with van der Waals surface area (Å²) >= 11 is 0. The van der Waals surface area contributed by atoms with Gasteiger partial charge in [-0.1, -0.05) is 0 Å². The summed E-state index contributed by atoms with van der Waals surface area (Å²) in [5, 5.41) is 8.82. The maximum Gasteiger partial charge on any atom is 0.248 e. The van der Waals surface area contributed by atoms with Gasteiger partial charge in [0.15, 0.2) is 0 Å². The van der Waals surface area contributed by atoms with Crippen molar-refractivity contribution in [1.82, 2.24) is 4.90 Å². The van der Waals surface area contributed by atoms with Crippen molar-refractivity contribution >= 4 is 5.91 Å². The van der Waals surface area contributed by atoms with E-state index < -0.39 is 6.61 Å². The maximum atomic E-state index is 11.4. The van der Waals surface area contributed by atoms with E-state index in [9.17, 15) is 4.79 Å². The maximum absolute atomic E-state index is 11.4. The molecule has 4 nitrogen and oxygen atoms in total. The van der Waals surface area contributed by atoms with Gasteiger partial charge >= 0.3 is 0 Å². The van der Waals surface area contributed by atoms with Crippen LogP contribution in [0.1, 0.15) is 26.7 Å². The number of carbonyl (C=O) groups is 1. The summed E-state index contributed by atoms with van der Waals surface area (Å²) in [5.41, 5.74) is 0. The van der Waals surface area contributed by atoms with Crippen LogP contribution in [0.2, 0.25) is 0 Å². The Hall–Kier alpha value is -0.610. The summed E-state index contributed by atoms with van der Waals surface area (Å²) in [5.74, 6) is -0.181. The van der Waals surface area contributed by atoms with E-state index in [2.05, 4.69) is 0 Å². The molecule has 4 heteroatoms. The van der Waals surface area contributed by atoms with E-state index in [0.717, 1.165) is 12.8 Å². The summed E-state index contributed by atoms with van der Waals surface area (Å²) in [6.45, 7) is 3.59. The SMILES string of the molecule is COC1CC(C)N(C(=O)CO)C(C)C1. The number of amides is 1. The van der Waals surface area contributed by atoms with Crippen LogP contribution < -0.4 is 0 Å². The zero-order valence-electron chi connectivity index (χ0n) is 9.06. The molecule has 0 aromatic rings. The first-order valence-electron chi connectivity index (χ1n) is 5.05. The lowest BCUT2D eigenvalue weighted by Gasteiger charge is -2.41. The van der Waals surface area contributed by atoms with Gasteiger partial charge in [-0.3, -0.25) is 4.79 Å². The van der Waals surface area contributed by atoms with Gasteiger partial charge in [0.2, 0.25) is 5.91 Å². The summed E-state index contributed by atoms with van der Waals surface area (Å²) in [4.78, 5) is 13.2. The minimum atomic E-state index is -0.396. The zero-order valence-corrected chi connectivity index (χ0v) is 9.06. The fraction of sp³-hybridized carbons (Fsp3) is 0.900. The van der Waals surface area contributed by atoms with E-state index in [1.54, 1.807) is 12.0 Å². The molecule has 1 saturated heterocycles. The molecule has 1 N–H and O–H groups in total. The van der Waals surface area contributed by atoms with Crippen molar-refractivity contribution in [1.29, 1.82) is 0 Å². The van der Waals surface area contributed by atoms with Gasteiger partial charge in [0.1, 0.15) is 6.61 Å². The molecular formula is C10H19NO3. The van der Waals surface area contributed by atoms with Crippen LogP contribution in [0.25, 0.3) is 0 Å². The van der Waals surface area contributed by atoms with Crippen molar-refractivity contribution in [2.75, 3.05) is 13.7 Å². The molecule has 1 amide bonds. The second-order valence-corrected chi connectivity index (χ2v) is 3.99. The minimum Gasteiger partial charge on any atom is -0.387 e. The number of nitrogens with zero attached hydrogens (tertiary/aromatic N) is 1. The molecule has 1 aliphatic rings. The predicted octanol–water partition coefficient (Wildman–Crippen LogP) is 0.393. The molecule has 2 unspecified atom stereocenters. The monoisotopic (exact) mass is 201 g/mol. The summed E-state index contributed by atoms with van der Waals surface area (Å²) in [6.07, 6.45) is 1.95. The first kappa shape index (κ1) is 11.5. The van der Waals surface area contributed by atoms with Crippen molar-refractivity contribution in [3.05, 3.63) is 0 Å². The quantitative estimate of drug-likeness (QED) is 0.703. The Balaban J connectivity index is 2.65. The number of hydrogen-bond donors (Lipinski definition) is 1. The summed E-state index contributed by atoms with van der Waals surface area (Å²) < 4.78 is 5.29. The number of likely N-dealkylation sites (tertiary alicyclic amines) is 1. The summed E-state index contributed by atoms with van der Waals surface area (Å²) in [6, 6.07) is 0.312. The molecule has 0 radical (unpaired) electrons. The number of methoxy groups -OCH3 is 1. The van der Waals surface area contributed by atoms with E-state index in [1.807, 2.05) is 13.8 Å². The van der Waals surface area contributed by atoms with E-state index in [1.165, 1.54) is 0 Å². The third kappa shape index (κ3) is 2.25. The second-order valence-electron chi connectivity index (χ2n) is 3.99. The van der Waals surface area contributed by atoms with Crippen LogP contribution in [0, 0.1) is 0 Å². The summed E-state index contributed by atoms with van der Waals surface area (Å²) in [7, 11) is 1.70. The molecule has 0 spiro atoms. The average molecular weight is 201 g/mol. The van der Waals surface area contributed by atoms with Crippen LogP contribution in [0.5, 0.6) is 0 Å². The molecule has 1 heterocycles. The Morgan fingerprint density at radius 1 is 1.43 bits per heavy atom. The molecule has 1 aliphatic heterocycles. The van der Waals surface area contributed by atoms with Gasteiger partial charge in [-0.2, -0.15) is 0 Å². The highest BCUT2D eigenvalue weighted by Crippen LogP contribution is 2.24. The smallest absolute Gasteiger partial charge is 0.248 e. The molecule has 2 atom stereocenters. The second kappa shape index (κ2) is 4.75. The lowest BCUT2D eigenvalue weighted by atomic mass is 9.94. The van der Waals surface area contributed by atoms with Crippen LogP contribution in [0.15, 0.2) is 0 Å². The number of piperidine rings is 1. The van der Waals surface area contributed by atoms with Crippen molar-refractivity contribution < 1.29 is 14.6 Å². The Kier molecular flexibility index (Phi) is 3.89. The highest BCUT2D eigenvalue weighted by molar-refractivity contribution is 5.77. The average Bonchev–Trinajstić information content (AvgIpc) is 2.16. The van der Waals surface area contributed by atoms with E-state index in [4.69, 9.17) is 9.84 Å².